The standard InChI is InChI=1S/C29H42O17S/c1-12(2)39-28-26(44-19(9)36)27(23(41-16(6)33)21(45-28)11-38-14(4)31)47-29-25(43-18(8)35)24(42-17(7)34)22(40-15(5)32)20(46-29)10-37-13(3)30/h12,20-29H,10-11H2,1-9H3/t20-,21-,22-,23-,24+,25-,26-,27+,28+,29+/m1/s1. The third kappa shape index (κ3) is 12.6. The van der Waals surface area contributed by atoms with Crippen LogP contribution in [0.15, 0.2) is 0 Å². The minimum Gasteiger partial charge on any atom is -0.463 e. The van der Waals surface area contributed by atoms with Crippen LogP contribution >= 0.6 is 11.8 Å². The molecule has 0 unspecified atom stereocenters. The van der Waals surface area contributed by atoms with Gasteiger partial charge in [-0.25, -0.2) is 0 Å². The Morgan fingerprint density at radius 2 is 0.936 bits per heavy atom. The van der Waals surface area contributed by atoms with Crippen molar-refractivity contribution in [2.24, 2.45) is 0 Å². The van der Waals surface area contributed by atoms with Crippen LogP contribution in [0.1, 0.15) is 62.3 Å². The summed E-state index contributed by atoms with van der Waals surface area (Å²) in [5.41, 5.74) is -1.36. The number of ether oxygens (including phenoxy) is 10. The highest BCUT2D eigenvalue weighted by Gasteiger charge is 2.57. The van der Waals surface area contributed by atoms with Crippen molar-refractivity contribution in [3.63, 3.8) is 0 Å². The fraction of sp³-hybridized carbons (Fsp3) is 0.759. The molecule has 2 aliphatic rings. The Morgan fingerprint density at radius 3 is 1.38 bits per heavy atom. The third-order valence-electron chi connectivity index (χ3n) is 6.29. The number of carbonyl (C=O) groups excluding carboxylic acids is 7. The molecule has 0 bridgehead atoms. The summed E-state index contributed by atoms with van der Waals surface area (Å²) >= 11 is 0.824. The topological polar surface area (TPSA) is 212 Å². The SMILES string of the molecule is CC(=O)OC[C@H]1O[C@@H](S[C@@H]2[C@@H](OC(C)=O)[C@@H](OC(C)C)O[C@H](COC(C)=O)[C@H]2OC(C)=O)[C@H](OC(C)=O)[C@@H](OC(C)=O)[C@@H]1OC(C)=O. The van der Waals surface area contributed by atoms with E-state index in [4.69, 9.17) is 47.4 Å². The van der Waals surface area contributed by atoms with Gasteiger partial charge in [0.05, 0.1) is 11.4 Å². The highest BCUT2D eigenvalue weighted by atomic mass is 32.2. The molecule has 17 nitrogen and oxygen atoms in total. The van der Waals surface area contributed by atoms with E-state index in [2.05, 4.69) is 0 Å². The molecule has 0 aromatic rings. The summed E-state index contributed by atoms with van der Waals surface area (Å²) < 4.78 is 56.3. The maximum atomic E-state index is 12.4. The molecule has 2 heterocycles. The van der Waals surface area contributed by atoms with Crippen LogP contribution in [0.2, 0.25) is 0 Å². The van der Waals surface area contributed by atoms with E-state index in [1.807, 2.05) is 0 Å². The van der Waals surface area contributed by atoms with Gasteiger partial charge in [-0.2, -0.15) is 0 Å². The van der Waals surface area contributed by atoms with Gasteiger partial charge in [0, 0.05) is 48.5 Å². The minimum atomic E-state index is -1.49. The predicted molar refractivity (Wildman–Crippen MR) is 156 cm³/mol. The highest BCUT2D eigenvalue weighted by Crippen LogP contribution is 2.42. The summed E-state index contributed by atoms with van der Waals surface area (Å²) in [5, 5.41) is -1.15. The van der Waals surface area contributed by atoms with Gasteiger partial charge in [0.1, 0.15) is 37.0 Å². The van der Waals surface area contributed by atoms with Crippen LogP contribution in [-0.2, 0) is 80.9 Å². The molecule has 0 aromatic heterocycles. The molecule has 0 aliphatic carbocycles. The van der Waals surface area contributed by atoms with Crippen LogP contribution in [0.25, 0.3) is 0 Å². The largest absolute Gasteiger partial charge is 0.463 e. The molecule has 2 rings (SSSR count). The van der Waals surface area contributed by atoms with Crippen LogP contribution in [-0.4, -0.2) is 121 Å². The Bertz CT molecular complexity index is 1160. The van der Waals surface area contributed by atoms with E-state index >= 15 is 0 Å². The lowest BCUT2D eigenvalue weighted by Gasteiger charge is -2.48. The first-order valence-electron chi connectivity index (χ1n) is 14.6. The van der Waals surface area contributed by atoms with Crippen molar-refractivity contribution in [3.8, 4) is 0 Å². The lowest BCUT2D eigenvalue weighted by molar-refractivity contribution is -0.283. The molecular weight excluding hydrogens is 652 g/mol. The fourth-order valence-electron chi connectivity index (χ4n) is 4.85. The van der Waals surface area contributed by atoms with Crippen molar-refractivity contribution in [1.29, 1.82) is 0 Å². The molecule has 47 heavy (non-hydrogen) atoms. The summed E-state index contributed by atoms with van der Waals surface area (Å²) in [6.45, 7) is 10.3. The fourth-order valence-corrected chi connectivity index (χ4v) is 6.46. The van der Waals surface area contributed by atoms with Gasteiger partial charge in [0.15, 0.2) is 30.7 Å². The zero-order chi connectivity index (χ0) is 35.6. The van der Waals surface area contributed by atoms with Crippen LogP contribution in [0, 0.1) is 0 Å². The van der Waals surface area contributed by atoms with E-state index in [-0.39, 0.29) is 0 Å². The summed E-state index contributed by atoms with van der Waals surface area (Å²) in [7, 11) is 0. The quantitative estimate of drug-likeness (QED) is 0.192. The molecule has 18 heteroatoms. The monoisotopic (exact) mass is 694 g/mol. The number of rotatable bonds is 13. The van der Waals surface area contributed by atoms with Crippen molar-refractivity contribution in [3.05, 3.63) is 0 Å². The second kappa shape index (κ2) is 18.2. The number of esters is 7. The molecule has 2 fully saturated rings. The van der Waals surface area contributed by atoms with Gasteiger partial charge in [-0.15, -0.1) is 11.8 Å². The Morgan fingerprint density at radius 1 is 0.532 bits per heavy atom. The van der Waals surface area contributed by atoms with Crippen molar-refractivity contribution in [2.75, 3.05) is 13.2 Å². The number of thioether (sulfide) groups is 1. The van der Waals surface area contributed by atoms with Crippen molar-refractivity contribution in [1.82, 2.24) is 0 Å². The molecule has 2 aliphatic heterocycles. The summed E-state index contributed by atoms with van der Waals surface area (Å²) in [4.78, 5) is 85.0. The van der Waals surface area contributed by atoms with E-state index in [9.17, 15) is 33.6 Å². The zero-order valence-corrected chi connectivity index (χ0v) is 28.4. The number of hydrogen-bond donors (Lipinski definition) is 0. The number of hydrogen-bond acceptors (Lipinski definition) is 18. The van der Waals surface area contributed by atoms with Gasteiger partial charge >= 0.3 is 41.8 Å². The Labute approximate surface area is 275 Å². The molecule has 0 amide bonds. The van der Waals surface area contributed by atoms with E-state index in [0.29, 0.717) is 0 Å². The first-order chi connectivity index (χ1) is 21.9. The lowest BCUT2D eigenvalue weighted by Crippen LogP contribution is -2.64. The van der Waals surface area contributed by atoms with Gasteiger partial charge in [-0.05, 0) is 13.8 Å². The average Bonchev–Trinajstić information content (AvgIpc) is 2.91. The van der Waals surface area contributed by atoms with E-state index < -0.39 is 121 Å². The molecule has 266 valence electrons. The number of carbonyl (C=O) groups is 7. The summed E-state index contributed by atoms with van der Waals surface area (Å²) in [6, 6.07) is 0. The van der Waals surface area contributed by atoms with E-state index in [1.165, 1.54) is 0 Å². The van der Waals surface area contributed by atoms with Gasteiger partial charge in [-0.1, -0.05) is 0 Å². The highest BCUT2D eigenvalue weighted by molar-refractivity contribution is 8.00. The molecule has 0 saturated carbocycles. The average molecular weight is 695 g/mol. The lowest BCUT2D eigenvalue weighted by atomic mass is 9.99. The molecule has 0 spiro atoms. The van der Waals surface area contributed by atoms with Gasteiger partial charge < -0.3 is 47.4 Å². The molecule has 0 aromatic carbocycles. The van der Waals surface area contributed by atoms with Crippen molar-refractivity contribution >= 4 is 53.5 Å². The van der Waals surface area contributed by atoms with Gasteiger partial charge in [0.2, 0.25) is 0 Å². The van der Waals surface area contributed by atoms with Crippen LogP contribution in [0.5, 0.6) is 0 Å². The Hall–Kier alpha value is -3.48. The predicted octanol–water partition coefficient (Wildman–Crippen LogP) is 0.748. The summed E-state index contributed by atoms with van der Waals surface area (Å²) in [5.74, 6) is -5.40. The Balaban J connectivity index is 2.75. The molecule has 0 radical (unpaired) electrons. The van der Waals surface area contributed by atoms with Crippen molar-refractivity contribution < 1.29 is 80.9 Å². The Kier molecular flexibility index (Phi) is 15.3. The molecular formula is C29H42O17S. The van der Waals surface area contributed by atoms with Crippen LogP contribution < -0.4 is 0 Å². The smallest absolute Gasteiger partial charge is 0.303 e. The van der Waals surface area contributed by atoms with Crippen LogP contribution in [0.4, 0.5) is 0 Å². The minimum absolute atomic E-state index is 0.409. The first-order valence-corrected chi connectivity index (χ1v) is 15.6. The second-order valence-corrected chi connectivity index (χ2v) is 12.1. The van der Waals surface area contributed by atoms with E-state index in [1.54, 1.807) is 13.8 Å². The van der Waals surface area contributed by atoms with Crippen LogP contribution in [0.3, 0.4) is 0 Å². The maximum absolute atomic E-state index is 12.4. The normalized spacial score (nSPS) is 30.3. The molecule has 10 atom stereocenters. The molecule has 0 N–H and O–H groups in total. The van der Waals surface area contributed by atoms with Crippen molar-refractivity contribution in [2.45, 2.75) is 128 Å². The zero-order valence-electron chi connectivity index (χ0n) is 27.6. The van der Waals surface area contributed by atoms with Gasteiger partial charge in [-0.3, -0.25) is 33.6 Å². The van der Waals surface area contributed by atoms with E-state index in [0.717, 1.165) is 60.2 Å². The summed E-state index contributed by atoms with van der Waals surface area (Å²) in [6.07, 6.45) is -11.3. The third-order valence-corrected chi connectivity index (χ3v) is 7.79. The first kappa shape index (κ1) is 39.7. The van der Waals surface area contributed by atoms with Gasteiger partial charge in [0.25, 0.3) is 0 Å². The second-order valence-electron chi connectivity index (χ2n) is 10.8. The molecule has 2 saturated heterocycles. The maximum Gasteiger partial charge on any atom is 0.303 e.